The minimum absolute atomic E-state index is 0.217. The van der Waals surface area contributed by atoms with E-state index in [-0.39, 0.29) is 5.75 Å². The van der Waals surface area contributed by atoms with E-state index in [2.05, 4.69) is 12.1 Å². The van der Waals surface area contributed by atoms with E-state index >= 15 is 0 Å². The molecule has 0 aliphatic rings. The lowest BCUT2D eigenvalue weighted by Gasteiger charge is -2.11. The van der Waals surface area contributed by atoms with E-state index in [4.69, 9.17) is 4.18 Å². The minimum atomic E-state index is -4.43. The molecule has 0 N–H and O–H groups in total. The number of halogens is 3. The number of hydrogen-bond donors (Lipinski definition) is 0. The molecule has 0 radical (unpaired) electrons. The van der Waals surface area contributed by atoms with Crippen molar-refractivity contribution in [3.05, 3.63) is 54.6 Å². The van der Waals surface area contributed by atoms with E-state index < -0.39 is 17.6 Å². The maximum Gasteiger partial charge on any atom is 0.479 e. The summed E-state index contributed by atoms with van der Waals surface area (Å²) >= 11 is 1.10. The summed E-state index contributed by atoms with van der Waals surface area (Å²) in [5.74, 6) is 0.217. The van der Waals surface area contributed by atoms with Crippen molar-refractivity contribution in [2.24, 2.45) is 0 Å². The van der Waals surface area contributed by atoms with Gasteiger partial charge in [-0.3, -0.25) is 0 Å². The molecule has 5 aromatic rings. The van der Waals surface area contributed by atoms with Crippen LogP contribution in [0.15, 0.2) is 54.6 Å². The van der Waals surface area contributed by atoms with Gasteiger partial charge in [0, 0.05) is 20.2 Å². The van der Waals surface area contributed by atoms with Crippen LogP contribution in [0, 0.1) is 0 Å². The molecule has 124 valence electrons. The van der Waals surface area contributed by atoms with Crippen molar-refractivity contribution in [2.75, 3.05) is 0 Å². The van der Waals surface area contributed by atoms with Crippen LogP contribution in [-0.2, 0) is 0 Å². The Hall–Kier alpha value is -2.18. The molecule has 0 fully saturated rings. The first-order valence-electron chi connectivity index (χ1n) is 7.53. The molecule has 25 heavy (non-hydrogen) atoms. The summed E-state index contributed by atoms with van der Waals surface area (Å²) in [5, 5.41) is 6.49. The molecule has 6 heteroatoms. The molecule has 0 saturated carbocycles. The molecule has 4 aromatic carbocycles. The van der Waals surface area contributed by atoms with E-state index in [1.807, 2.05) is 30.3 Å². The second-order valence-electron chi connectivity index (χ2n) is 5.78. The molecule has 0 amide bonds. The Balaban J connectivity index is 1.89. The molecule has 0 atom stereocenters. The standard InChI is InChI=1S/C19H9F3OS2/c20-19(21,22)25-23-10-8-14-12-5-2-1-4-11(12)13-6-3-7-15-17(13)18(14)16(9-10)24-15/h1-9H. The Bertz CT molecular complexity index is 1240. The van der Waals surface area contributed by atoms with Gasteiger partial charge < -0.3 is 4.18 Å². The molecule has 0 saturated heterocycles. The molecule has 0 spiro atoms. The first-order valence-corrected chi connectivity index (χ1v) is 9.08. The van der Waals surface area contributed by atoms with E-state index in [9.17, 15) is 13.2 Å². The molecule has 1 aromatic heterocycles. The first kappa shape index (κ1) is 15.1. The molecular weight excluding hydrogens is 365 g/mol. The average Bonchev–Trinajstić information content (AvgIpc) is 2.97. The molecule has 5 rings (SSSR count). The average molecular weight is 374 g/mol. The predicted molar refractivity (Wildman–Crippen MR) is 99.8 cm³/mol. The zero-order valence-corrected chi connectivity index (χ0v) is 14.2. The fourth-order valence-corrected chi connectivity index (χ4v) is 4.93. The fourth-order valence-electron chi connectivity index (χ4n) is 3.45. The molecule has 0 aliphatic carbocycles. The summed E-state index contributed by atoms with van der Waals surface area (Å²) in [5.41, 5.74) is -4.43. The summed E-state index contributed by atoms with van der Waals surface area (Å²) in [4.78, 5) is 0. The lowest BCUT2D eigenvalue weighted by atomic mass is 9.94. The third-order valence-corrected chi connectivity index (χ3v) is 5.88. The van der Waals surface area contributed by atoms with Gasteiger partial charge in [0.25, 0.3) is 0 Å². The van der Waals surface area contributed by atoms with E-state index in [1.165, 1.54) is 10.8 Å². The first-order chi connectivity index (χ1) is 12.0. The van der Waals surface area contributed by atoms with Gasteiger partial charge in [0.05, 0.1) is 0 Å². The highest BCUT2D eigenvalue weighted by Gasteiger charge is 2.31. The highest BCUT2D eigenvalue weighted by Crippen LogP contribution is 2.47. The van der Waals surface area contributed by atoms with Gasteiger partial charge in [-0.15, -0.1) is 11.3 Å². The summed E-state index contributed by atoms with van der Waals surface area (Å²) < 4.78 is 44.5. The molecule has 1 heterocycles. The van der Waals surface area contributed by atoms with Crippen LogP contribution in [0.5, 0.6) is 5.75 Å². The monoisotopic (exact) mass is 374 g/mol. The van der Waals surface area contributed by atoms with Crippen molar-refractivity contribution in [3.63, 3.8) is 0 Å². The normalized spacial score (nSPS) is 12.8. The van der Waals surface area contributed by atoms with Gasteiger partial charge in [-0.25, -0.2) is 0 Å². The summed E-state index contributed by atoms with van der Waals surface area (Å²) in [6, 6.07) is 17.5. The third kappa shape index (κ3) is 2.32. The highest BCUT2D eigenvalue weighted by molar-refractivity contribution is 7.95. The van der Waals surface area contributed by atoms with E-state index in [0.717, 1.165) is 30.9 Å². The Morgan fingerprint density at radius 3 is 2.20 bits per heavy atom. The lowest BCUT2D eigenvalue weighted by molar-refractivity contribution is -0.0369. The lowest BCUT2D eigenvalue weighted by Crippen LogP contribution is -2.02. The fraction of sp³-hybridized carbons (Fsp3) is 0.0526. The van der Waals surface area contributed by atoms with Crippen LogP contribution in [0.3, 0.4) is 0 Å². The number of rotatable bonds is 2. The van der Waals surface area contributed by atoms with Crippen molar-refractivity contribution in [1.29, 1.82) is 0 Å². The van der Waals surface area contributed by atoms with Crippen LogP contribution in [0.1, 0.15) is 0 Å². The smallest absolute Gasteiger partial charge is 0.417 e. The minimum Gasteiger partial charge on any atom is -0.417 e. The van der Waals surface area contributed by atoms with Gasteiger partial charge in [0.15, 0.2) is 12.0 Å². The van der Waals surface area contributed by atoms with Crippen LogP contribution in [0.4, 0.5) is 13.2 Å². The Morgan fingerprint density at radius 1 is 0.760 bits per heavy atom. The number of hydrogen-bond acceptors (Lipinski definition) is 3. The van der Waals surface area contributed by atoms with Crippen LogP contribution in [0.25, 0.3) is 41.7 Å². The Kier molecular flexibility index (Phi) is 3.12. The Labute approximate surface area is 148 Å². The number of benzene rings is 4. The maximum absolute atomic E-state index is 12.5. The van der Waals surface area contributed by atoms with Gasteiger partial charge >= 0.3 is 5.51 Å². The number of thiophene rings is 1. The molecule has 1 nitrogen and oxygen atoms in total. The van der Waals surface area contributed by atoms with Gasteiger partial charge in [-0.2, -0.15) is 13.2 Å². The van der Waals surface area contributed by atoms with E-state index in [0.29, 0.717) is 0 Å². The zero-order chi connectivity index (χ0) is 17.2. The number of alkyl halides is 3. The topological polar surface area (TPSA) is 9.23 Å². The molecule has 0 aliphatic heterocycles. The van der Waals surface area contributed by atoms with Crippen molar-refractivity contribution < 1.29 is 17.4 Å². The van der Waals surface area contributed by atoms with E-state index in [1.54, 1.807) is 23.5 Å². The highest BCUT2D eigenvalue weighted by atomic mass is 32.2. The van der Waals surface area contributed by atoms with Crippen molar-refractivity contribution in [1.82, 2.24) is 0 Å². The SMILES string of the molecule is FC(F)(F)SOc1cc2sc3cccc4c5ccccc5c(c1)c2c34. The quantitative estimate of drug-likeness (QED) is 0.236. The summed E-state index contributed by atoms with van der Waals surface area (Å²) in [6.07, 6.45) is 0. The Morgan fingerprint density at radius 2 is 1.44 bits per heavy atom. The maximum atomic E-state index is 12.5. The second kappa shape index (κ2) is 5.16. The van der Waals surface area contributed by atoms with Crippen LogP contribution >= 0.6 is 23.4 Å². The zero-order valence-electron chi connectivity index (χ0n) is 12.6. The van der Waals surface area contributed by atoms with Gasteiger partial charge in [0.2, 0.25) is 0 Å². The van der Waals surface area contributed by atoms with Crippen molar-refractivity contribution in [3.8, 4) is 5.75 Å². The molecule has 0 unspecified atom stereocenters. The van der Waals surface area contributed by atoms with Gasteiger partial charge in [0.1, 0.15) is 5.75 Å². The van der Waals surface area contributed by atoms with Crippen LogP contribution in [0.2, 0.25) is 0 Å². The largest absolute Gasteiger partial charge is 0.479 e. The van der Waals surface area contributed by atoms with Crippen LogP contribution < -0.4 is 4.18 Å². The van der Waals surface area contributed by atoms with Crippen molar-refractivity contribution in [2.45, 2.75) is 5.51 Å². The molecule has 0 bridgehead atoms. The van der Waals surface area contributed by atoms with Crippen molar-refractivity contribution >= 4 is 65.1 Å². The van der Waals surface area contributed by atoms with Gasteiger partial charge in [-0.1, -0.05) is 36.4 Å². The third-order valence-electron chi connectivity index (χ3n) is 4.31. The van der Waals surface area contributed by atoms with Gasteiger partial charge in [-0.05, 0) is 39.7 Å². The summed E-state index contributed by atoms with van der Waals surface area (Å²) in [6.45, 7) is 0. The summed E-state index contributed by atoms with van der Waals surface area (Å²) in [7, 11) is 0. The van der Waals surface area contributed by atoms with Crippen LogP contribution in [-0.4, -0.2) is 5.51 Å². The number of fused-ring (bicyclic) bond motifs is 3. The second-order valence-corrected chi connectivity index (χ2v) is 7.66. The predicted octanol–water partition coefficient (Wildman–Crippen LogP) is 7.35. The molecular formula is C19H9F3OS2.